The number of amides is 1. The van der Waals surface area contributed by atoms with Crippen molar-refractivity contribution in [2.75, 3.05) is 18.2 Å². The molecule has 3 aromatic heterocycles. The Hall–Kier alpha value is -2.95. The minimum atomic E-state index is -0.487. The van der Waals surface area contributed by atoms with Gasteiger partial charge in [-0.15, -0.1) is 32.9 Å². The highest BCUT2D eigenvalue weighted by Gasteiger charge is 2.23. The van der Waals surface area contributed by atoms with Gasteiger partial charge < -0.3 is 14.6 Å². The molecule has 0 fully saturated rings. The number of nitrogens with one attached hydrogen (secondary N) is 1. The number of thiophene rings is 2. The van der Waals surface area contributed by atoms with Crippen LogP contribution in [0, 0.1) is 13.8 Å². The molecule has 0 aliphatic heterocycles. The number of thioether (sulfide) groups is 1. The van der Waals surface area contributed by atoms with Gasteiger partial charge in [0.2, 0.25) is 5.91 Å². The van der Waals surface area contributed by atoms with Crippen LogP contribution in [0.3, 0.4) is 0 Å². The lowest BCUT2D eigenvalue weighted by molar-refractivity contribution is -0.113. The van der Waals surface area contributed by atoms with Crippen molar-refractivity contribution in [2.24, 2.45) is 7.05 Å². The van der Waals surface area contributed by atoms with E-state index in [9.17, 15) is 9.59 Å². The van der Waals surface area contributed by atoms with E-state index in [1.807, 2.05) is 60.5 Å². The second kappa shape index (κ2) is 9.90. The van der Waals surface area contributed by atoms with Gasteiger partial charge >= 0.3 is 5.97 Å². The zero-order valence-corrected chi connectivity index (χ0v) is 21.0. The molecule has 0 spiro atoms. The Morgan fingerprint density at radius 1 is 1.09 bits per heavy atom. The van der Waals surface area contributed by atoms with E-state index in [-0.39, 0.29) is 11.7 Å². The van der Waals surface area contributed by atoms with E-state index >= 15 is 0 Å². The van der Waals surface area contributed by atoms with E-state index in [2.05, 4.69) is 21.6 Å². The van der Waals surface area contributed by atoms with Gasteiger partial charge in [0.25, 0.3) is 0 Å². The number of aromatic nitrogens is 3. The first-order valence-corrected chi connectivity index (χ1v) is 12.8. The third-order valence-corrected chi connectivity index (χ3v) is 7.73. The molecule has 3 heterocycles. The molecule has 0 atom stereocenters. The first-order chi connectivity index (χ1) is 15.9. The van der Waals surface area contributed by atoms with Gasteiger partial charge in [0, 0.05) is 33.8 Å². The molecule has 0 aliphatic carbocycles. The summed E-state index contributed by atoms with van der Waals surface area (Å²) >= 11 is 4.25. The summed E-state index contributed by atoms with van der Waals surface area (Å²) in [6, 6.07) is 9.93. The molecule has 1 N–H and O–H groups in total. The molecule has 0 unspecified atom stereocenters. The van der Waals surface area contributed by atoms with Crippen molar-refractivity contribution in [2.45, 2.75) is 19.0 Å². The highest BCUT2D eigenvalue weighted by Crippen LogP contribution is 2.36. The van der Waals surface area contributed by atoms with E-state index in [0.717, 1.165) is 28.1 Å². The maximum Gasteiger partial charge on any atom is 0.341 e. The third kappa shape index (κ3) is 5.02. The predicted molar refractivity (Wildman–Crippen MR) is 134 cm³/mol. The smallest absolute Gasteiger partial charge is 0.341 e. The highest BCUT2D eigenvalue weighted by atomic mass is 32.2. The number of anilines is 1. The van der Waals surface area contributed by atoms with Gasteiger partial charge in [-0.1, -0.05) is 41.6 Å². The summed E-state index contributed by atoms with van der Waals surface area (Å²) in [5.74, 6) is 0.168. The summed E-state index contributed by atoms with van der Waals surface area (Å²) in [6.07, 6.45) is 0. The molecule has 4 aromatic rings. The second-order valence-electron chi connectivity index (χ2n) is 7.36. The van der Waals surface area contributed by atoms with Gasteiger partial charge in [-0.05, 0) is 25.5 Å². The summed E-state index contributed by atoms with van der Waals surface area (Å²) in [5, 5.41) is 16.3. The molecular formula is C23H22N4O3S3. The van der Waals surface area contributed by atoms with E-state index < -0.39 is 5.97 Å². The van der Waals surface area contributed by atoms with E-state index in [4.69, 9.17) is 4.74 Å². The predicted octanol–water partition coefficient (Wildman–Crippen LogP) is 5.41. The minimum Gasteiger partial charge on any atom is -0.465 e. The van der Waals surface area contributed by atoms with Gasteiger partial charge in [-0.25, -0.2) is 4.79 Å². The summed E-state index contributed by atoms with van der Waals surface area (Å²) in [6.45, 7) is 4.05. The van der Waals surface area contributed by atoms with Crippen LogP contribution in [-0.4, -0.2) is 39.5 Å². The minimum absolute atomic E-state index is 0.132. The Bertz CT molecular complexity index is 1300. The number of carbonyl (C=O) groups is 2. The number of benzene rings is 1. The van der Waals surface area contributed by atoms with E-state index in [1.54, 1.807) is 11.3 Å². The summed E-state index contributed by atoms with van der Waals surface area (Å²) < 4.78 is 6.86. The quantitative estimate of drug-likeness (QED) is 0.271. The van der Waals surface area contributed by atoms with Gasteiger partial charge in [0.1, 0.15) is 10.6 Å². The molecule has 0 aliphatic rings. The number of nitrogens with zero attached hydrogens (tertiary/aromatic N) is 3. The first-order valence-electron chi connectivity index (χ1n) is 10.0. The molecule has 33 heavy (non-hydrogen) atoms. The van der Waals surface area contributed by atoms with Crippen molar-refractivity contribution in [3.63, 3.8) is 0 Å². The van der Waals surface area contributed by atoms with E-state index in [1.165, 1.54) is 35.1 Å². The van der Waals surface area contributed by atoms with Crippen LogP contribution in [0.15, 0.2) is 46.2 Å². The number of methoxy groups -OCH3 is 1. The van der Waals surface area contributed by atoms with Crippen LogP contribution in [-0.2, 0) is 16.6 Å². The van der Waals surface area contributed by atoms with Crippen molar-refractivity contribution in [1.82, 2.24) is 14.8 Å². The number of hydrogen-bond acceptors (Lipinski definition) is 8. The van der Waals surface area contributed by atoms with Crippen molar-refractivity contribution in [3.05, 3.63) is 57.1 Å². The number of rotatable bonds is 7. The standard InChI is InChI=1S/C23H22N4O3S3/c1-13-5-7-15(8-6-13)17-11-32-21(19(17)22(29)30-4)24-18(28)12-33-23-26-25-20(27(23)3)16-9-14(2)31-10-16/h5-11H,12H2,1-4H3,(H,24,28). The lowest BCUT2D eigenvalue weighted by Gasteiger charge is -2.08. The molecule has 0 bridgehead atoms. The Balaban J connectivity index is 1.48. The lowest BCUT2D eigenvalue weighted by Crippen LogP contribution is -2.16. The number of esters is 1. The zero-order valence-electron chi connectivity index (χ0n) is 18.5. The van der Waals surface area contributed by atoms with Gasteiger partial charge in [0.15, 0.2) is 11.0 Å². The van der Waals surface area contributed by atoms with Crippen LogP contribution in [0.4, 0.5) is 5.00 Å². The normalized spacial score (nSPS) is 10.9. The van der Waals surface area contributed by atoms with Gasteiger partial charge in [-0.2, -0.15) is 0 Å². The Labute approximate surface area is 203 Å². The number of ether oxygens (including phenoxy) is 1. The molecule has 10 heteroatoms. The SMILES string of the molecule is COC(=O)c1c(-c2ccc(C)cc2)csc1NC(=O)CSc1nnc(-c2csc(C)c2)n1C. The fraction of sp³-hybridized carbons (Fsp3) is 0.217. The summed E-state index contributed by atoms with van der Waals surface area (Å²) in [7, 11) is 3.21. The van der Waals surface area contributed by atoms with E-state index in [0.29, 0.717) is 15.7 Å². The summed E-state index contributed by atoms with van der Waals surface area (Å²) in [5.41, 5.74) is 4.12. The fourth-order valence-corrected chi connectivity index (χ4v) is 5.61. The number of carbonyl (C=O) groups excluding carboxylic acids is 2. The van der Waals surface area contributed by atoms with Crippen LogP contribution in [0.25, 0.3) is 22.5 Å². The molecule has 1 amide bonds. The molecule has 0 radical (unpaired) electrons. The van der Waals surface area contributed by atoms with Crippen LogP contribution in [0.2, 0.25) is 0 Å². The highest BCUT2D eigenvalue weighted by molar-refractivity contribution is 7.99. The second-order valence-corrected chi connectivity index (χ2v) is 10.3. The molecule has 4 rings (SSSR count). The maximum absolute atomic E-state index is 12.7. The van der Waals surface area contributed by atoms with Crippen LogP contribution in [0.1, 0.15) is 20.8 Å². The molecule has 170 valence electrons. The number of aryl methyl sites for hydroxylation is 2. The van der Waals surface area contributed by atoms with Crippen molar-refractivity contribution >= 4 is 51.3 Å². The molecular weight excluding hydrogens is 476 g/mol. The Kier molecular flexibility index (Phi) is 6.96. The average molecular weight is 499 g/mol. The maximum atomic E-state index is 12.7. The van der Waals surface area contributed by atoms with Crippen molar-refractivity contribution < 1.29 is 14.3 Å². The molecule has 7 nitrogen and oxygen atoms in total. The van der Waals surface area contributed by atoms with Crippen LogP contribution < -0.4 is 5.32 Å². The van der Waals surface area contributed by atoms with Gasteiger partial charge in [-0.3, -0.25) is 4.79 Å². The average Bonchev–Trinajstić information content (AvgIpc) is 3.51. The molecule has 0 saturated carbocycles. The third-order valence-electron chi connectivity index (χ3n) is 4.95. The van der Waals surface area contributed by atoms with Gasteiger partial charge in [0.05, 0.1) is 12.9 Å². The van der Waals surface area contributed by atoms with Crippen molar-refractivity contribution in [3.8, 4) is 22.5 Å². The fourth-order valence-electron chi connectivity index (χ4n) is 3.25. The summed E-state index contributed by atoms with van der Waals surface area (Å²) in [4.78, 5) is 26.4. The largest absolute Gasteiger partial charge is 0.465 e. The monoisotopic (exact) mass is 498 g/mol. The number of hydrogen-bond donors (Lipinski definition) is 1. The zero-order chi connectivity index (χ0) is 23.5. The molecule has 0 saturated heterocycles. The lowest BCUT2D eigenvalue weighted by atomic mass is 10.0. The van der Waals surface area contributed by atoms with Crippen LogP contribution >= 0.6 is 34.4 Å². The Morgan fingerprint density at radius 3 is 2.52 bits per heavy atom. The van der Waals surface area contributed by atoms with Crippen LogP contribution in [0.5, 0.6) is 0 Å². The molecule has 1 aromatic carbocycles. The first kappa shape index (κ1) is 23.2. The Morgan fingerprint density at radius 2 is 1.85 bits per heavy atom. The van der Waals surface area contributed by atoms with Crippen molar-refractivity contribution in [1.29, 1.82) is 0 Å². The topological polar surface area (TPSA) is 86.1 Å².